The van der Waals surface area contributed by atoms with Crippen LogP contribution in [-0.2, 0) is 11.8 Å². The number of hydrazone groups is 1. The summed E-state index contributed by atoms with van der Waals surface area (Å²) >= 11 is 5.94. The number of fused-ring (bicyclic) bond motifs is 1. The lowest BCUT2D eigenvalue weighted by Crippen LogP contribution is -2.48. The second kappa shape index (κ2) is 8.92. The molecule has 0 radical (unpaired) electrons. The summed E-state index contributed by atoms with van der Waals surface area (Å²) in [6.45, 7) is 3.72. The number of carbonyl (C=O) groups excluding carboxylic acids is 2. The Morgan fingerprint density at radius 3 is 2.62 bits per heavy atom. The van der Waals surface area contributed by atoms with Crippen LogP contribution < -0.4 is 10.7 Å². The molecule has 0 aliphatic carbocycles. The SMILES string of the molecule is CC(C)C(NC(=O)c1cccc(Cl)c1)C(=O)N/N=C\c1cn(C)c2ccccc12. The molecule has 29 heavy (non-hydrogen) atoms. The number of nitrogens with one attached hydrogen (secondary N) is 2. The van der Waals surface area contributed by atoms with Crippen molar-refractivity contribution in [2.45, 2.75) is 19.9 Å². The van der Waals surface area contributed by atoms with Gasteiger partial charge in [-0.05, 0) is 30.2 Å². The first-order chi connectivity index (χ1) is 13.9. The number of aryl methyl sites for hydroxylation is 1. The van der Waals surface area contributed by atoms with Gasteiger partial charge < -0.3 is 9.88 Å². The zero-order valence-electron chi connectivity index (χ0n) is 16.5. The summed E-state index contributed by atoms with van der Waals surface area (Å²) in [6.07, 6.45) is 3.55. The highest BCUT2D eigenvalue weighted by Gasteiger charge is 2.24. The Hall–Kier alpha value is -3.12. The Balaban J connectivity index is 1.69. The molecule has 3 aromatic rings. The van der Waals surface area contributed by atoms with Gasteiger partial charge in [-0.2, -0.15) is 5.10 Å². The number of hydrogen-bond donors (Lipinski definition) is 2. The van der Waals surface area contributed by atoms with Gasteiger partial charge in [0.25, 0.3) is 11.8 Å². The maximum atomic E-state index is 12.6. The number of aromatic nitrogens is 1. The predicted molar refractivity (Wildman–Crippen MR) is 116 cm³/mol. The van der Waals surface area contributed by atoms with Crippen molar-refractivity contribution in [3.63, 3.8) is 0 Å². The van der Waals surface area contributed by atoms with Gasteiger partial charge in [-0.25, -0.2) is 5.43 Å². The van der Waals surface area contributed by atoms with Crippen LogP contribution in [0.1, 0.15) is 29.8 Å². The molecule has 2 aromatic carbocycles. The molecule has 2 amide bonds. The number of halogens is 1. The van der Waals surface area contributed by atoms with E-state index in [4.69, 9.17) is 11.6 Å². The summed E-state index contributed by atoms with van der Waals surface area (Å²) in [7, 11) is 1.96. The van der Waals surface area contributed by atoms with Gasteiger partial charge in [0, 0.05) is 40.3 Å². The van der Waals surface area contributed by atoms with Crippen molar-refractivity contribution in [2.24, 2.45) is 18.1 Å². The second-order valence-electron chi connectivity index (χ2n) is 7.15. The van der Waals surface area contributed by atoms with Gasteiger partial charge in [0.2, 0.25) is 0 Å². The number of benzene rings is 2. The monoisotopic (exact) mass is 410 g/mol. The lowest BCUT2D eigenvalue weighted by Gasteiger charge is -2.20. The van der Waals surface area contributed by atoms with Crippen LogP contribution in [0.5, 0.6) is 0 Å². The van der Waals surface area contributed by atoms with E-state index in [2.05, 4.69) is 15.8 Å². The van der Waals surface area contributed by atoms with E-state index in [0.29, 0.717) is 10.6 Å². The minimum absolute atomic E-state index is 0.120. The van der Waals surface area contributed by atoms with Gasteiger partial charge in [-0.3, -0.25) is 9.59 Å². The van der Waals surface area contributed by atoms with Crippen molar-refractivity contribution in [2.75, 3.05) is 0 Å². The molecular weight excluding hydrogens is 388 g/mol. The van der Waals surface area contributed by atoms with Crippen LogP contribution in [0.3, 0.4) is 0 Å². The molecule has 0 spiro atoms. The molecule has 7 heteroatoms. The first-order valence-electron chi connectivity index (χ1n) is 9.30. The smallest absolute Gasteiger partial charge is 0.262 e. The number of hydrogen-bond acceptors (Lipinski definition) is 3. The van der Waals surface area contributed by atoms with Crippen molar-refractivity contribution in [1.29, 1.82) is 0 Å². The van der Waals surface area contributed by atoms with Gasteiger partial charge in [0.15, 0.2) is 0 Å². The van der Waals surface area contributed by atoms with Crippen LogP contribution in [0.4, 0.5) is 0 Å². The third-order valence-electron chi connectivity index (χ3n) is 4.63. The van der Waals surface area contributed by atoms with Gasteiger partial charge in [-0.15, -0.1) is 0 Å². The highest BCUT2D eigenvalue weighted by molar-refractivity contribution is 6.31. The summed E-state index contributed by atoms with van der Waals surface area (Å²) < 4.78 is 2.00. The molecule has 6 nitrogen and oxygen atoms in total. The van der Waals surface area contributed by atoms with Crippen molar-refractivity contribution < 1.29 is 9.59 Å². The minimum atomic E-state index is -0.730. The van der Waals surface area contributed by atoms with Crippen LogP contribution in [0.15, 0.2) is 59.8 Å². The van der Waals surface area contributed by atoms with Crippen LogP contribution in [0.2, 0.25) is 5.02 Å². The van der Waals surface area contributed by atoms with Gasteiger partial charge in [-0.1, -0.05) is 49.7 Å². The fraction of sp³-hybridized carbons (Fsp3) is 0.227. The third-order valence-corrected chi connectivity index (χ3v) is 4.86. The van der Waals surface area contributed by atoms with Gasteiger partial charge in [0.1, 0.15) is 6.04 Å². The fourth-order valence-electron chi connectivity index (χ4n) is 3.10. The molecule has 0 saturated carbocycles. The van der Waals surface area contributed by atoms with Crippen LogP contribution >= 0.6 is 11.6 Å². The Morgan fingerprint density at radius 2 is 1.90 bits per heavy atom. The van der Waals surface area contributed by atoms with E-state index in [9.17, 15) is 9.59 Å². The van der Waals surface area contributed by atoms with Crippen LogP contribution in [0, 0.1) is 5.92 Å². The number of nitrogens with zero attached hydrogens (tertiary/aromatic N) is 2. The maximum absolute atomic E-state index is 12.6. The molecule has 0 aliphatic heterocycles. The molecule has 1 unspecified atom stereocenters. The number of para-hydroxylation sites is 1. The summed E-state index contributed by atoms with van der Waals surface area (Å²) in [5.41, 5.74) is 4.91. The van der Waals surface area contributed by atoms with Crippen LogP contribution in [-0.4, -0.2) is 28.6 Å². The molecule has 1 atom stereocenters. The van der Waals surface area contributed by atoms with Gasteiger partial charge in [0.05, 0.1) is 6.21 Å². The molecular formula is C22H23ClN4O2. The molecule has 150 valence electrons. The Labute approximate surface area is 174 Å². The third kappa shape index (κ3) is 4.84. The first-order valence-corrected chi connectivity index (χ1v) is 9.68. The Kier molecular flexibility index (Phi) is 6.34. The fourth-order valence-corrected chi connectivity index (χ4v) is 3.29. The van der Waals surface area contributed by atoms with E-state index in [1.54, 1.807) is 30.5 Å². The summed E-state index contributed by atoms with van der Waals surface area (Å²) in [5.74, 6) is -0.864. The largest absolute Gasteiger partial charge is 0.350 e. The standard InChI is InChI=1S/C22H23ClN4O2/c1-14(2)20(25-21(28)15-7-6-8-17(23)11-15)22(29)26-24-12-16-13-27(3)19-10-5-4-9-18(16)19/h4-14,20H,1-3H3,(H,25,28)(H,26,29)/b24-12-. The lowest BCUT2D eigenvalue weighted by atomic mass is 10.0. The van der Waals surface area contributed by atoms with E-state index in [1.165, 1.54) is 0 Å². The summed E-state index contributed by atoms with van der Waals surface area (Å²) in [4.78, 5) is 25.1. The normalized spacial score (nSPS) is 12.4. The van der Waals surface area contributed by atoms with Crippen molar-refractivity contribution in [1.82, 2.24) is 15.3 Å². The lowest BCUT2D eigenvalue weighted by molar-refractivity contribution is -0.123. The van der Waals surface area contributed by atoms with E-state index < -0.39 is 6.04 Å². The number of carbonyl (C=O) groups is 2. The zero-order valence-corrected chi connectivity index (χ0v) is 17.3. The molecule has 1 heterocycles. The van der Waals surface area contributed by atoms with E-state index in [0.717, 1.165) is 16.5 Å². The Bertz CT molecular complexity index is 1070. The molecule has 1 aromatic heterocycles. The van der Waals surface area contributed by atoms with E-state index in [1.807, 2.05) is 55.9 Å². The topological polar surface area (TPSA) is 75.5 Å². The second-order valence-corrected chi connectivity index (χ2v) is 7.59. The highest BCUT2D eigenvalue weighted by atomic mass is 35.5. The summed E-state index contributed by atoms with van der Waals surface area (Å²) in [6, 6.07) is 13.8. The van der Waals surface area contributed by atoms with Crippen LogP contribution in [0.25, 0.3) is 10.9 Å². The van der Waals surface area contributed by atoms with Crippen molar-refractivity contribution in [3.05, 3.63) is 70.9 Å². The molecule has 3 rings (SSSR count). The molecule has 2 N–H and O–H groups in total. The zero-order chi connectivity index (χ0) is 21.0. The Morgan fingerprint density at radius 1 is 1.14 bits per heavy atom. The first kappa shape index (κ1) is 20.6. The quantitative estimate of drug-likeness (QED) is 0.480. The minimum Gasteiger partial charge on any atom is -0.350 e. The molecule has 0 saturated heterocycles. The average Bonchev–Trinajstić information content (AvgIpc) is 3.01. The van der Waals surface area contributed by atoms with E-state index in [-0.39, 0.29) is 17.7 Å². The van der Waals surface area contributed by atoms with Crippen molar-refractivity contribution >= 4 is 40.5 Å². The highest BCUT2D eigenvalue weighted by Crippen LogP contribution is 2.18. The summed E-state index contributed by atoms with van der Waals surface area (Å²) in [5, 5.41) is 8.35. The molecule has 0 fully saturated rings. The van der Waals surface area contributed by atoms with Crippen molar-refractivity contribution in [3.8, 4) is 0 Å². The average molecular weight is 411 g/mol. The maximum Gasteiger partial charge on any atom is 0.262 e. The van der Waals surface area contributed by atoms with Gasteiger partial charge >= 0.3 is 0 Å². The molecule has 0 bridgehead atoms. The number of rotatable bonds is 6. The van der Waals surface area contributed by atoms with E-state index >= 15 is 0 Å². The predicted octanol–water partition coefficient (Wildman–Crippen LogP) is 3.74. The molecule has 0 aliphatic rings. The number of amides is 2.